The number of hydrogen-bond donors (Lipinski definition) is 2. The van der Waals surface area contributed by atoms with Gasteiger partial charge >= 0.3 is 0 Å². The SMILES string of the molecule is COCC(C)NC(=S)NCCc1ccc(OC)c(OC)c1. The highest BCUT2D eigenvalue weighted by Crippen LogP contribution is 2.27. The molecule has 1 atom stereocenters. The van der Waals surface area contributed by atoms with E-state index in [0.717, 1.165) is 30.0 Å². The van der Waals surface area contributed by atoms with Crippen molar-refractivity contribution >= 4 is 17.3 Å². The van der Waals surface area contributed by atoms with Crippen LogP contribution in [0.1, 0.15) is 12.5 Å². The van der Waals surface area contributed by atoms with Crippen molar-refractivity contribution in [3.8, 4) is 11.5 Å². The van der Waals surface area contributed by atoms with Gasteiger partial charge in [0.25, 0.3) is 0 Å². The van der Waals surface area contributed by atoms with Gasteiger partial charge in [0.1, 0.15) is 0 Å². The lowest BCUT2D eigenvalue weighted by atomic mass is 10.1. The van der Waals surface area contributed by atoms with Crippen LogP contribution in [0.4, 0.5) is 0 Å². The Morgan fingerprint density at radius 1 is 1.19 bits per heavy atom. The van der Waals surface area contributed by atoms with Crippen molar-refractivity contribution in [3.63, 3.8) is 0 Å². The van der Waals surface area contributed by atoms with Crippen molar-refractivity contribution in [2.45, 2.75) is 19.4 Å². The van der Waals surface area contributed by atoms with E-state index >= 15 is 0 Å². The van der Waals surface area contributed by atoms with E-state index in [-0.39, 0.29) is 6.04 Å². The first-order chi connectivity index (χ1) is 10.1. The molecule has 0 heterocycles. The number of hydrogen-bond acceptors (Lipinski definition) is 4. The minimum absolute atomic E-state index is 0.191. The van der Waals surface area contributed by atoms with Gasteiger partial charge in [-0.15, -0.1) is 0 Å². The van der Waals surface area contributed by atoms with E-state index in [4.69, 9.17) is 26.4 Å². The highest BCUT2D eigenvalue weighted by molar-refractivity contribution is 7.80. The quantitative estimate of drug-likeness (QED) is 0.713. The van der Waals surface area contributed by atoms with Crippen molar-refractivity contribution in [2.75, 3.05) is 34.5 Å². The van der Waals surface area contributed by atoms with E-state index in [0.29, 0.717) is 11.7 Å². The summed E-state index contributed by atoms with van der Waals surface area (Å²) < 4.78 is 15.6. The Bertz CT molecular complexity index is 455. The van der Waals surface area contributed by atoms with Crippen LogP contribution in [-0.4, -0.2) is 45.6 Å². The number of thiocarbonyl (C=S) groups is 1. The van der Waals surface area contributed by atoms with Crippen molar-refractivity contribution in [3.05, 3.63) is 23.8 Å². The first kappa shape index (κ1) is 17.5. The Kier molecular flexibility index (Phi) is 7.85. The summed E-state index contributed by atoms with van der Waals surface area (Å²) >= 11 is 5.23. The fraction of sp³-hybridized carbons (Fsp3) is 0.533. The molecule has 0 amide bonds. The Hall–Kier alpha value is -1.53. The molecular weight excluding hydrogens is 288 g/mol. The molecule has 0 aliphatic heterocycles. The van der Waals surface area contributed by atoms with Gasteiger partial charge in [-0.05, 0) is 43.3 Å². The third-order valence-corrected chi connectivity index (χ3v) is 3.20. The van der Waals surface area contributed by atoms with E-state index < -0.39 is 0 Å². The highest BCUT2D eigenvalue weighted by atomic mass is 32.1. The molecule has 1 aromatic carbocycles. The molecule has 0 saturated heterocycles. The van der Waals surface area contributed by atoms with Crippen LogP contribution >= 0.6 is 12.2 Å². The summed E-state index contributed by atoms with van der Waals surface area (Å²) in [7, 11) is 4.94. The molecule has 118 valence electrons. The maximum Gasteiger partial charge on any atom is 0.166 e. The van der Waals surface area contributed by atoms with E-state index in [1.54, 1.807) is 21.3 Å². The normalized spacial score (nSPS) is 11.6. The van der Waals surface area contributed by atoms with Crippen molar-refractivity contribution in [1.29, 1.82) is 0 Å². The lowest BCUT2D eigenvalue weighted by molar-refractivity contribution is 0.179. The fourth-order valence-corrected chi connectivity index (χ4v) is 2.23. The zero-order valence-corrected chi connectivity index (χ0v) is 13.9. The van der Waals surface area contributed by atoms with E-state index in [2.05, 4.69) is 10.6 Å². The molecule has 0 spiro atoms. The average molecular weight is 312 g/mol. The molecule has 2 N–H and O–H groups in total. The number of rotatable bonds is 8. The van der Waals surface area contributed by atoms with E-state index in [1.807, 2.05) is 25.1 Å². The number of benzene rings is 1. The van der Waals surface area contributed by atoms with Crippen LogP contribution in [0.5, 0.6) is 11.5 Å². The molecule has 6 heteroatoms. The fourth-order valence-electron chi connectivity index (χ4n) is 1.92. The van der Waals surface area contributed by atoms with Crippen molar-refractivity contribution < 1.29 is 14.2 Å². The molecule has 0 aromatic heterocycles. The molecule has 0 fully saturated rings. The third-order valence-electron chi connectivity index (χ3n) is 2.94. The minimum Gasteiger partial charge on any atom is -0.493 e. The van der Waals surface area contributed by atoms with Crippen molar-refractivity contribution in [2.24, 2.45) is 0 Å². The Balaban J connectivity index is 2.40. The van der Waals surface area contributed by atoms with Gasteiger partial charge in [0.05, 0.1) is 20.8 Å². The van der Waals surface area contributed by atoms with Crippen LogP contribution in [0.15, 0.2) is 18.2 Å². The van der Waals surface area contributed by atoms with Gasteiger partial charge < -0.3 is 24.8 Å². The molecule has 5 nitrogen and oxygen atoms in total. The van der Waals surface area contributed by atoms with E-state index in [9.17, 15) is 0 Å². The standard InChI is InChI=1S/C15H24N2O3S/c1-11(10-18-2)17-15(21)16-8-7-12-5-6-13(19-3)14(9-12)20-4/h5-6,9,11H,7-8,10H2,1-4H3,(H2,16,17,21). The third kappa shape index (κ3) is 6.18. The lowest BCUT2D eigenvalue weighted by Gasteiger charge is -2.16. The predicted molar refractivity (Wildman–Crippen MR) is 88.3 cm³/mol. The summed E-state index contributed by atoms with van der Waals surface area (Å²) in [6.45, 7) is 3.39. The van der Waals surface area contributed by atoms with Gasteiger partial charge in [0, 0.05) is 19.7 Å². The maximum absolute atomic E-state index is 5.29. The molecule has 0 bridgehead atoms. The van der Waals surface area contributed by atoms with E-state index in [1.165, 1.54) is 0 Å². The topological polar surface area (TPSA) is 51.8 Å². The van der Waals surface area contributed by atoms with Gasteiger partial charge in [0.15, 0.2) is 16.6 Å². The predicted octanol–water partition coefficient (Wildman–Crippen LogP) is 1.75. The summed E-state index contributed by atoms with van der Waals surface area (Å²) in [4.78, 5) is 0. The van der Waals surface area contributed by atoms with Gasteiger partial charge in [-0.3, -0.25) is 0 Å². The molecule has 1 unspecified atom stereocenters. The Labute approximate surface area is 132 Å². The molecule has 0 saturated carbocycles. The zero-order chi connectivity index (χ0) is 15.7. The van der Waals surface area contributed by atoms with Crippen LogP contribution in [0.3, 0.4) is 0 Å². The van der Waals surface area contributed by atoms with Gasteiger partial charge in [-0.2, -0.15) is 0 Å². The Morgan fingerprint density at radius 2 is 1.90 bits per heavy atom. The number of methoxy groups -OCH3 is 3. The summed E-state index contributed by atoms with van der Waals surface area (Å²) in [6.07, 6.45) is 0.848. The van der Waals surface area contributed by atoms with Crippen LogP contribution in [0.2, 0.25) is 0 Å². The van der Waals surface area contributed by atoms with Gasteiger partial charge in [-0.25, -0.2) is 0 Å². The molecule has 1 rings (SSSR count). The minimum atomic E-state index is 0.191. The maximum atomic E-state index is 5.29. The molecule has 0 aliphatic carbocycles. The second kappa shape index (κ2) is 9.41. The molecular formula is C15H24N2O3S. The molecule has 0 radical (unpaired) electrons. The summed E-state index contributed by atoms with van der Waals surface area (Å²) in [5, 5.41) is 6.98. The second-order valence-corrected chi connectivity index (χ2v) is 5.10. The smallest absolute Gasteiger partial charge is 0.166 e. The number of ether oxygens (including phenoxy) is 3. The second-order valence-electron chi connectivity index (χ2n) is 4.70. The van der Waals surface area contributed by atoms with Crippen LogP contribution in [0.25, 0.3) is 0 Å². The highest BCUT2D eigenvalue weighted by Gasteiger charge is 2.05. The van der Waals surface area contributed by atoms with Crippen molar-refractivity contribution in [1.82, 2.24) is 10.6 Å². The molecule has 1 aromatic rings. The average Bonchev–Trinajstić information content (AvgIpc) is 2.47. The molecule has 21 heavy (non-hydrogen) atoms. The van der Waals surface area contributed by atoms with Crippen LogP contribution in [-0.2, 0) is 11.2 Å². The van der Waals surface area contributed by atoms with Crippen LogP contribution < -0.4 is 20.1 Å². The first-order valence-corrected chi connectivity index (χ1v) is 7.25. The lowest BCUT2D eigenvalue weighted by Crippen LogP contribution is -2.43. The molecule has 0 aliphatic rings. The number of nitrogens with one attached hydrogen (secondary N) is 2. The largest absolute Gasteiger partial charge is 0.493 e. The Morgan fingerprint density at radius 3 is 2.52 bits per heavy atom. The van der Waals surface area contributed by atoms with Gasteiger partial charge in [-0.1, -0.05) is 6.07 Å². The zero-order valence-electron chi connectivity index (χ0n) is 13.1. The first-order valence-electron chi connectivity index (χ1n) is 6.85. The summed E-state index contributed by atoms with van der Waals surface area (Å²) in [5.41, 5.74) is 1.16. The summed E-state index contributed by atoms with van der Waals surface area (Å²) in [5.74, 6) is 1.48. The monoisotopic (exact) mass is 312 g/mol. The summed E-state index contributed by atoms with van der Waals surface area (Å²) in [6, 6.07) is 6.10. The van der Waals surface area contributed by atoms with Crippen LogP contribution in [0, 0.1) is 0 Å². The van der Waals surface area contributed by atoms with Gasteiger partial charge in [0.2, 0.25) is 0 Å².